The molecule has 0 amide bonds. The van der Waals surface area contributed by atoms with Crippen LogP contribution in [0, 0.1) is 0 Å². The molecule has 0 aliphatic heterocycles. The minimum Gasteiger partial charge on any atom is -0.768 e. The van der Waals surface area contributed by atoms with E-state index in [9.17, 15) is 21.9 Å². The van der Waals surface area contributed by atoms with E-state index in [1.165, 1.54) is 0 Å². The molecule has 0 bridgehead atoms. The zero-order valence-electron chi connectivity index (χ0n) is 7.77. The van der Waals surface area contributed by atoms with Crippen molar-refractivity contribution in [2.45, 2.75) is 11.1 Å². The minimum absolute atomic E-state index is 0. The van der Waals surface area contributed by atoms with Gasteiger partial charge in [0.05, 0.1) is 20.5 Å². The molecule has 1 atom stereocenters. The van der Waals surface area contributed by atoms with Crippen LogP contribution in [0.1, 0.15) is 5.56 Å². The quantitative estimate of drug-likeness (QED) is 0.551. The predicted octanol–water partition coefficient (Wildman–Crippen LogP) is 0.254. The maximum Gasteiger partial charge on any atom is 1.00 e. The Labute approximate surface area is 124 Å². The third kappa shape index (κ3) is 3.87. The maximum absolute atomic E-state index is 12.2. The number of hydrogen-bond acceptors (Lipinski definition) is 2. The molecule has 0 aromatic heterocycles. The van der Waals surface area contributed by atoms with Crippen LogP contribution in [0.3, 0.4) is 0 Å². The zero-order valence-corrected chi connectivity index (χ0v) is 12.1. The fourth-order valence-electron chi connectivity index (χ4n) is 0.883. The van der Waals surface area contributed by atoms with Crippen molar-refractivity contribution in [3.8, 4) is 0 Å². The summed E-state index contributed by atoms with van der Waals surface area (Å²) in [6.45, 7) is 0. The Morgan fingerprint density at radius 2 is 1.56 bits per heavy atom. The molecule has 1 aromatic rings. The Morgan fingerprint density at radius 3 is 1.81 bits per heavy atom. The Morgan fingerprint density at radius 1 is 1.19 bits per heavy atom. The molecule has 0 aliphatic carbocycles. The van der Waals surface area contributed by atoms with Gasteiger partial charge in [-0.3, -0.25) is 4.21 Å². The van der Waals surface area contributed by atoms with Crippen molar-refractivity contribution in [3.63, 3.8) is 0 Å². The molecule has 0 heterocycles. The maximum atomic E-state index is 12.2. The Balaban J connectivity index is 0.00000225. The van der Waals surface area contributed by atoms with Gasteiger partial charge in [-0.1, -0.05) is 23.2 Å². The number of halogens is 5. The van der Waals surface area contributed by atoms with E-state index >= 15 is 0 Å². The fraction of sp³-hybridized carbons (Fsp3) is 0.143. The topological polar surface area (TPSA) is 40.1 Å². The van der Waals surface area contributed by atoms with Gasteiger partial charge in [-0.05, 0) is 23.2 Å². The van der Waals surface area contributed by atoms with Crippen molar-refractivity contribution in [2.75, 3.05) is 0 Å². The van der Waals surface area contributed by atoms with Crippen molar-refractivity contribution in [3.05, 3.63) is 27.7 Å². The molecule has 2 nitrogen and oxygen atoms in total. The monoisotopic (exact) mass is 300 g/mol. The van der Waals surface area contributed by atoms with E-state index in [1.807, 2.05) is 0 Å². The van der Waals surface area contributed by atoms with Crippen molar-refractivity contribution < 1.29 is 51.5 Å². The summed E-state index contributed by atoms with van der Waals surface area (Å²) in [5.74, 6) is 0. The van der Waals surface area contributed by atoms with E-state index in [0.717, 1.165) is 0 Å². The normalized spacial score (nSPS) is 13.1. The van der Waals surface area contributed by atoms with Crippen LogP contribution in [0.5, 0.6) is 0 Å². The van der Waals surface area contributed by atoms with E-state index < -0.39 is 37.8 Å². The number of benzene rings is 1. The van der Waals surface area contributed by atoms with E-state index in [1.54, 1.807) is 0 Å². The Kier molecular flexibility index (Phi) is 6.30. The second kappa shape index (κ2) is 6.04. The minimum atomic E-state index is -4.61. The molecule has 0 radical (unpaired) electrons. The average molecular weight is 301 g/mol. The van der Waals surface area contributed by atoms with Gasteiger partial charge in [-0.2, -0.15) is 13.2 Å². The number of hydrogen-bond donors (Lipinski definition) is 0. The molecule has 1 aromatic carbocycles. The molecule has 0 N–H and O–H groups in total. The van der Waals surface area contributed by atoms with Crippen LogP contribution in [0.15, 0.2) is 17.0 Å². The van der Waals surface area contributed by atoms with Gasteiger partial charge in [0.2, 0.25) is 0 Å². The Hall–Kier alpha value is 0.700. The second-order valence-electron chi connectivity index (χ2n) is 2.50. The molecule has 9 heteroatoms. The smallest absolute Gasteiger partial charge is 0.768 e. The number of rotatable bonds is 1. The molecule has 0 spiro atoms. The molecule has 16 heavy (non-hydrogen) atoms. The van der Waals surface area contributed by atoms with Crippen LogP contribution in [-0.2, 0) is 17.3 Å². The van der Waals surface area contributed by atoms with Crippen LogP contribution in [0.4, 0.5) is 13.2 Å². The molecule has 0 aliphatic rings. The van der Waals surface area contributed by atoms with Gasteiger partial charge in [0.1, 0.15) is 0 Å². The van der Waals surface area contributed by atoms with Crippen LogP contribution < -0.4 is 29.6 Å². The summed E-state index contributed by atoms with van der Waals surface area (Å²) in [6, 6.07) is 1.02. The summed E-state index contributed by atoms with van der Waals surface area (Å²) in [6.07, 6.45) is -4.61. The third-order valence-corrected chi connectivity index (χ3v) is 3.09. The molecular weight excluding hydrogens is 299 g/mol. The molecule has 0 saturated heterocycles. The molecular formula is C7H2Cl2F3NaO2S. The largest absolute Gasteiger partial charge is 1.00 e. The molecule has 84 valence electrons. The average Bonchev–Trinajstić information content (AvgIpc) is 1.99. The van der Waals surface area contributed by atoms with E-state index in [0.29, 0.717) is 12.1 Å². The molecule has 0 fully saturated rings. The van der Waals surface area contributed by atoms with E-state index in [-0.39, 0.29) is 29.6 Å². The van der Waals surface area contributed by atoms with Crippen molar-refractivity contribution in [1.29, 1.82) is 0 Å². The van der Waals surface area contributed by atoms with E-state index in [2.05, 4.69) is 0 Å². The summed E-state index contributed by atoms with van der Waals surface area (Å²) >= 11 is 7.95. The Bertz CT molecular complexity index is 402. The van der Waals surface area contributed by atoms with Gasteiger partial charge in [-0.25, -0.2) is 0 Å². The van der Waals surface area contributed by atoms with E-state index in [4.69, 9.17) is 23.2 Å². The number of alkyl halides is 3. The molecule has 1 unspecified atom stereocenters. The summed E-state index contributed by atoms with van der Waals surface area (Å²) in [4.78, 5) is -0.536. The van der Waals surface area contributed by atoms with Crippen LogP contribution in [0.25, 0.3) is 0 Å². The first-order valence-electron chi connectivity index (χ1n) is 3.39. The van der Waals surface area contributed by atoms with Crippen molar-refractivity contribution in [2.24, 2.45) is 0 Å². The standard InChI is InChI=1S/C7H3Cl2F3O2S.Na/c8-4-1-3(7(10,11)12)2-5(9)6(4)15(13)14;/h1-2H,(H,13,14);/q;+1/p-1. The molecule has 1 rings (SSSR count). The van der Waals surface area contributed by atoms with Gasteiger partial charge < -0.3 is 4.55 Å². The third-order valence-electron chi connectivity index (χ3n) is 1.49. The SMILES string of the molecule is O=S([O-])c1c(Cl)cc(C(F)(F)F)cc1Cl.[Na+]. The van der Waals surface area contributed by atoms with Gasteiger partial charge in [0, 0.05) is 0 Å². The van der Waals surface area contributed by atoms with Gasteiger partial charge in [0.25, 0.3) is 0 Å². The molecule has 0 saturated carbocycles. The zero-order chi connectivity index (χ0) is 11.8. The first-order chi connectivity index (χ1) is 6.73. The van der Waals surface area contributed by atoms with Gasteiger partial charge in [0.15, 0.2) is 0 Å². The summed E-state index contributed by atoms with van der Waals surface area (Å²) in [5, 5.41) is -1.11. The van der Waals surface area contributed by atoms with Gasteiger partial charge in [-0.15, -0.1) is 0 Å². The van der Waals surface area contributed by atoms with Crippen LogP contribution in [0.2, 0.25) is 10.0 Å². The first kappa shape index (κ1) is 16.7. The van der Waals surface area contributed by atoms with Crippen molar-refractivity contribution >= 4 is 34.3 Å². The summed E-state index contributed by atoms with van der Waals surface area (Å²) < 4.78 is 57.7. The van der Waals surface area contributed by atoms with Gasteiger partial charge >= 0.3 is 35.7 Å². The second-order valence-corrected chi connectivity index (χ2v) is 4.19. The summed E-state index contributed by atoms with van der Waals surface area (Å²) in [5.41, 5.74) is -1.09. The predicted molar refractivity (Wildman–Crippen MR) is 48.6 cm³/mol. The van der Waals surface area contributed by atoms with Crippen molar-refractivity contribution in [1.82, 2.24) is 0 Å². The fourth-order valence-corrected chi connectivity index (χ4v) is 2.18. The van der Waals surface area contributed by atoms with Crippen LogP contribution >= 0.6 is 23.2 Å². The summed E-state index contributed by atoms with van der Waals surface area (Å²) in [7, 11) is 0. The van der Waals surface area contributed by atoms with Crippen LogP contribution in [-0.4, -0.2) is 8.76 Å². The first-order valence-corrected chi connectivity index (χ1v) is 5.22.